The molecular weight excluding hydrogens is 340 g/mol. The first-order valence-electron chi connectivity index (χ1n) is 8.42. The monoisotopic (exact) mass is 366 g/mol. The fourth-order valence-electron chi connectivity index (χ4n) is 3.13. The highest BCUT2D eigenvalue weighted by molar-refractivity contribution is 7.91. The summed E-state index contributed by atoms with van der Waals surface area (Å²) in [7, 11) is -1.39. The highest BCUT2D eigenvalue weighted by atomic mass is 32.2. The van der Waals surface area contributed by atoms with Gasteiger partial charge < -0.3 is 9.80 Å². The predicted molar refractivity (Wildman–Crippen MR) is 98.4 cm³/mol. The second kappa shape index (κ2) is 7.56. The molecule has 2 rings (SSSR count). The van der Waals surface area contributed by atoms with Crippen LogP contribution in [0.3, 0.4) is 0 Å². The molecule has 1 heterocycles. The first kappa shape index (κ1) is 19.4. The summed E-state index contributed by atoms with van der Waals surface area (Å²) in [6.45, 7) is 5.66. The molecule has 0 N–H and O–H groups in total. The summed E-state index contributed by atoms with van der Waals surface area (Å²) < 4.78 is 23.2. The van der Waals surface area contributed by atoms with E-state index in [9.17, 15) is 18.0 Å². The average molecular weight is 366 g/mol. The van der Waals surface area contributed by atoms with Crippen molar-refractivity contribution in [3.8, 4) is 0 Å². The van der Waals surface area contributed by atoms with Crippen molar-refractivity contribution in [3.63, 3.8) is 0 Å². The van der Waals surface area contributed by atoms with Crippen LogP contribution >= 0.6 is 0 Å². The Bertz CT molecular complexity index is 773. The Kier molecular flexibility index (Phi) is 5.87. The van der Waals surface area contributed by atoms with Crippen molar-refractivity contribution in [1.29, 1.82) is 0 Å². The van der Waals surface area contributed by atoms with Gasteiger partial charge in [-0.25, -0.2) is 8.42 Å². The summed E-state index contributed by atoms with van der Waals surface area (Å²) in [6, 6.07) is 5.62. The Labute approximate surface area is 149 Å². The maximum atomic E-state index is 12.4. The standard InChI is InChI=1S/C18H26N2O4S/c1-13-5-6-14(2)17(11-13)20(15(3)21)9-7-18(22)19(4)16-8-10-25(23,24)12-16/h5-6,11,16H,7-10,12H2,1-4H3. The molecule has 138 valence electrons. The number of hydrogen-bond acceptors (Lipinski definition) is 4. The van der Waals surface area contributed by atoms with Crippen LogP contribution in [-0.4, -0.2) is 56.3 Å². The van der Waals surface area contributed by atoms with E-state index in [1.165, 1.54) is 11.8 Å². The van der Waals surface area contributed by atoms with Gasteiger partial charge in [-0.2, -0.15) is 0 Å². The van der Waals surface area contributed by atoms with E-state index < -0.39 is 9.84 Å². The third kappa shape index (κ3) is 4.81. The molecule has 1 atom stereocenters. The van der Waals surface area contributed by atoms with Crippen molar-refractivity contribution in [3.05, 3.63) is 29.3 Å². The molecule has 0 aromatic heterocycles. The number of aryl methyl sites for hydroxylation is 2. The fourth-order valence-corrected chi connectivity index (χ4v) is 4.90. The van der Waals surface area contributed by atoms with E-state index in [2.05, 4.69) is 0 Å². The molecule has 1 aliphatic heterocycles. The molecule has 1 aromatic carbocycles. The molecule has 1 unspecified atom stereocenters. The highest BCUT2D eigenvalue weighted by Crippen LogP contribution is 2.23. The second-order valence-corrected chi connectivity index (χ2v) is 9.00. The van der Waals surface area contributed by atoms with Gasteiger partial charge in [0.1, 0.15) is 0 Å². The third-order valence-corrected chi connectivity index (χ3v) is 6.48. The van der Waals surface area contributed by atoms with E-state index in [0.29, 0.717) is 6.42 Å². The number of amides is 2. The van der Waals surface area contributed by atoms with Gasteiger partial charge >= 0.3 is 0 Å². The van der Waals surface area contributed by atoms with Crippen LogP contribution in [0.25, 0.3) is 0 Å². The molecule has 7 heteroatoms. The lowest BCUT2D eigenvalue weighted by Crippen LogP contribution is -2.40. The van der Waals surface area contributed by atoms with E-state index >= 15 is 0 Å². The minimum absolute atomic E-state index is 0.0304. The van der Waals surface area contributed by atoms with Crippen LogP contribution in [0.15, 0.2) is 18.2 Å². The van der Waals surface area contributed by atoms with Gasteiger partial charge in [-0.3, -0.25) is 9.59 Å². The van der Waals surface area contributed by atoms with Crippen LogP contribution in [0.5, 0.6) is 0 Å². The number of nitrogens with zero attached hydrogens (tertiary/aromatic N) is 2. The van der Waals surface area contributed by atoms with E-state index in [0.717, 1.165) is 16.8 Å². The molecule has 25 heavy (non-hydrogen) atoms. The molecule has 2 amide bonds. The maximum absolute atomic E-state index is 12.4. The minimum atomic E-state index is -3.03. The van der Waals surface area contributed by atoms with Crippen LogP contribution in [0, 0.1) is 13.8 Å². The Morgan fingerprint density at radius 3 is 2.48 bits per heavy atom. The summed E-state index contributed by atoms with van der Waals surface area (Å²) in [4.78, 5) is 27.6. The lowest BCUT2D eigenvalue weighted by atomic mass is 10.1. The van der Waals surface area contributed by atoms with Crippen molar-refractivity contribution in [2.45, 2.75) is 39.7 Å². The highest BCUT2D eigenvalue weighted by Gasteiger charge is 2.32. The van der Waals surface area contributed by atoms with E-state index in [1.807, 2.05) is 32.0 Å². The van der Waals surface area contributed by atoms with E-state index in [4.69, 9.17) is 0 Å². The second-order valence-electron chi connectivity index (χ2n) is 6.77. The average Bonchev–Trinajstić information content (AvgIpc) is 2.89. The van der Waals surface area contributed by atoms with Gasteiger partial charge in [0, 0.05) is 38.7 Å². The number of rotatable bonds is 5. The molecule has 1 fully saturated rings. The van der Waals surface area contributed by atoms with Gasteiger partial charge in [-0.15, -0.1) is 0 Å². The fraction of sp³-hybridized carbons (Fsp3) is 0.556. The molecule has 1 aliphatic rings. The van der Waals surface area contributed by atoms with Crippen molar-refractivity contribution in [1.82, 2.24) is 4.90 Å². The van der Waals surface area contributed by atoms with Gasteiger partial charge in [-0.05, 0) is 37.5 Å². The van der Waals surface area contributed by atoms with Crippen molar-refractivity contribution >= 4 is 27.3 Å². The predicted octanol–water partition coefficient (Wildman–Crippen LogP) is 1.69. The Balaban J connectivity index is 2.05. The van der Waals surface area contributed by atoms with Crippen LogP contribution in [0.4, 0.5) is 5.69 Å². The quantitative estimate of drug-likeness (QED) is 0.795. The number of anilines is 1. The van der Waals surface area contributed by atoms with Crippen molar-refractivity contribution in [2.24, 2.45) is 0 Å². The lowest BCUT2D eigenvalue weighted by Gasteiger charge is -2.27. The Hall–Kier alpha value is -1.89. The topological polar surface area (TPSA) is 74.8 Å². The van der Waals surface area contributed by atoms with E-state index in [1.54, 1.807) is 11.9 Å². The van der Waals surface area contributed by atoms with Gasteiger partial charge in [0.15, 0.2) is 9.84 Å². The van der Waals surface area contributed by atoms with Gasteiger partial charge in [-0.1, -0.05) is 12.1 Å². The Morgan fingerprint density at radius 2 is 1.92 bits per heavy atom. The summed E-state index contributed by atoms with van der Waals surface area (Å²) in [5.74, 6) is -0.0914. The number of hydrogen-bond donors (Lipinski definition) is 0. The molecule has 1 aromatic rings. The lowest BCUT2D eigenvalue weighted by molar-refractivity contribution is -0.131. The van der Waals surface area contributed by atoms with Gasteiger partial charge in [0.2, 0.25) is 11.8 Å². The molecule has 0 bridgehead atoms. The molecule has 6 nitrogen and oxygen atoms in total. The molecule has 0 radical (unpaired) electrons. The van der Waals surface area contributed by atoms with Crippen LogP contribution < -0.4 is 4.90 Å². The van der Waals surface area contributed by atoms with Gasteiger partial charge in [0.05, 0.1) is 11.5 Å². The zero-order valence-corrected chi connectivity index (χ0v) is 16.1. The zero-order valence-electron chi connectivity index (χ0n) is 15.3. The molecular formula is C18H26N2O4S. The van der Waals surface area contributed by atoms with E-state index in [-0.39, 0.29) is 42.3 Å². The number of sulfone groups is 1. The van der Waals surface area contributed by atoms with Crippen molar-refractivity contribution < 1.29 is 18.0 Å². The smallest absolute Gasteiger partial charge is 0.224 e. The maximum Gasteiger partial charge on any atom is 0.224 e. The first-order valence-corrected chi connectivity index (χ1v) is 10.2. The largest absolute Gasteiger partial charge is 0.342 e. The summed E-state index contributed by atoms with van der Waals surface area (Å²) in [6.07, 6.45) is 0.651. The van der Waals surface area contributed by atoms with Gasteiger partial charge in [0.25, 0.3) is 0 Å². The molecule has 1 saturated heterocycles. The van der Waals surface area contributed by atoms with Crippen LogP contribution in [-0.2, 0) is 19.4 Å². The zero-order chi connectivity index (χ0) is 18.8. The Morgan fingerprint density at radius 1 is 1.24 bits per heavy atom. The first-order chi connectivity index (χ1) is 11.6. The summed E-state index contributed by atoms with van der Waals surface area (Å²) in [5, 5.41) is 0. The van der Waals surface area contributed by atoms with Crippen LogP contribution in [0.1, 0.15) is 30.9 Å². The normalized spacial score (nSPS) is 18.8. The molecule has 0 saturated carbocycles. The minimum Gasteiger partial charge on any atom is -0.342 e. The number of carbonyl (C=O) groups is 2. The van der Waals surface area contributed by atoms with Crippen molar-refractivity contribution in [2.75, 3.05) is 30.0 Å². The summed E-state index contributed by atoms with van der Waals surface area (Å²) >= 11 is 0. The molecule has 0 spiro atoms. The SMILES string of the molecule is CC(=O)N(CCC(=O)N(C)C1CCS(=O)(=O)C1)c1cc(C)ccc1C. The van der Waals surface area contributed by atoms with Crippen LogP contribution in [0.2, 0.25) is 0 Å². The molecule has 0 aliphatic carbocycles. The third-order valence-electron chi connectivity index (χ3n) is 4.73. The number of carbonyl (C=O) groups excluding carboxylic acids is 2. The number of benzene rings is 1. The summed E-state index contributed by atoms with van der Waals surface area (Å²) in [5.41, 5.74) is 2.83.